The first-order valence-electron chi connectivity index (χ1n) is 7.49. The number of aryl methyl sites for hydroxylation is 2. The summed E-state index contributed by atoms with van der Waals surface area (Å²) in [6, 6.07) is 16.1. The van der Waals surface area contributed by atoms with Gasteiger partial charge in [0.25, 0.3) is 5.56 Å². The minimum absolute atomic E-state index is 0.140. The number of hydrogen-bond acceptors (Lipinski definition) is 2. The summed E-state index contributed by atoms with van der Waals surface area (Å²) in [4.78, 5) is 16.5. The van der Waals surface area contributed by atoms with Crippen molar-refractivity contribution in [2.75, 3.05) is 0 Å². The van der Waals surface area contributed by atoms with Crippen molar-refractivity contribution in [3.05, 3.63) is 75.8 Å². The highest BCUT2D eigenvalue weighted by atomic mass is 16.1. The normalized spacial score (nSPS) is 15.4. The third kappa shape index (κ3) is 2.06. The van der Waals surface area contributed by atoms with Crippen LogP contribution in [0.15, 0.2) is 53.3 Å². The molecule has 0 atom stereocenters. The summed E-state index contributed by atoms with van der Waals surface area (Å²) in [7, 11) is 0. The Morgan fingerprint density at radius 1 is 1.09 bits per heavy atom. The van der Waals surface area contributed by atoms with E-state index >= 15 is 0 Å². The topological polar surface area (TPSA) is 34.9 Å². The molecule has 3 heteroatoms. The van der Waals surface area contributed by atoms with Crippen molar-refractivity contribution in [2.45, 2.75) is 19.9 Å². The van der Waals surface area contributed by atoms with Crippen LogP contribution < -0.4 is 5.56 Å². The van der Waals surface area contributed by atoms with Gasteiger partial charge in [-0.15, -0.1) is 0 Å². The van der Waals surface area contributed by atoms with Crippen LogP contribution in [0.4, 0.5) is 0 Å². The molecule has 2 heterocycles. The van der Waals surface area contributed by atoms with Crippen molar-refractivity contribution >= 4 is 22.6 Å². The summed E-state index contributed by atoms with van der Waals surface area (Å²) < 4.78 is 2.15. The lowest BCUT2D eigenvalue weighted by Crippen LogP contribution is -2.14. The largest absolute Gasteiger partial charge is 0.325 e. The van der Waals surface area contributed by atoms with Gasteiger partial charge in [-0.1, -0.05) is 42.0 Å². The maximum atomic E-state index is 12.2. The molecule has 0 unspecified atom stereocenters. The number of allylic oxidation sites excluding steroid dienone is 1. The van der Waals surface area contributed by atoms with E-state index in [0.29, 0.717) is 5.39 Å². The lowest BCUT2D eigenvalue weighted by atomic mass is 10.1. The fourth-order valence-corrected chi connectivity index (χ4v) is 3.04. The molecule has 0 saturated carbocycles. The molecular weight excluding hydrogens is 272 g/mol. The Morgan fingerprint density at radius 3 is 2.68 bits per heavy atom. The van der Waals surface area contributed by atoms with E-state index in [1.165, 1.54) is 5.56 Å². The molecule has 2 aromatic carbocycles. The van der Waals surface area contributed by atoms with E-state index < -0.39 is 0 Å². The van der Waals surface area contributed by atoms with E-state index in [0.717, 1.165) is 35.4 Å². The average Bonchev–Trinajstić information content (AvgIpc) is 2.93. The van der Waals surface area contributed by atoms with Gasteiger partial charge in [0.1, 0.15) is 5.82 Å². The predicted molar refractivity (Wildman–Crippen MR) is 89.7 cm³/mol. The molecule has 3 aromatic rings. The van der Waals surface area contributed by atoms with Crippen LogP contribution in [0.2, 0.25) is 0 Å². The van der Waals surface area contributed by atoms with Crippen molar-refractivity contribution in [1.82, 2.24) is 9.55 Å². The summed E-state index contributed by atoms with van der Waals surface area (Å²) in [5.74, 6) is 0.810. The summed E-state index contributed by atoms with van der Waals surface area (Å²) in [5.41, 5.74) is 4.36. The first-order chi connectivity index (χ1) is 10.7. The van der Waals surface area contributed by atoms with Crippen LogP contribution in [0.5, 0.6) is 0 Å². The van der Waals surface area contributed by atoms with Crippen molar-refractivity contribution < 1.29 is 0 Å². The van der Waals surface area contributed by atoms with Crippen LogP contribution >= 0.6 is 0 Å². The second-order valence-corrected chi connectivity index (χ2v) is 5.74. The van der Waals surface area contributed by atoms with E-state index in [4.69, 9.17) is 0 Å². The molecule has 1 aliphatic rings. The molecule has 0 saturated heterocycles. The van der Waals surface area contributed by atoms with Crippen molar-refractivity contribution in [1.29, 1.82) is 0 Å². The standard InChI is InChI=1S/C19H16N2O/c1-13-6-8-14(9-7-13)12-15-10-11-21-17-5-3-2-4-16(17)19(22)20-18(15)21/h2-9,12H,10-11H2,1H3/b15-12-. The van der Waals surface area contributed by atoms with Gasteiger partial charge in [0.15, 0.2) is 0 Å². The van der Waals surface area contributed by atoms with E-state index in [1.807, 2.05) is 24.3 Å². The van der Waals surface area contributed by atoms with Gasteiger partial charge >= 0.3 is 0 Å². The number of nitrogens with zero attached hydrogens (tertiary/aromatic N) is 2. The van der Waals surface area contributed by atoms with E-state index in [9.17, 15) is 4.79 Å². The molecule has 3 nitrogen and oxygen atoms in total. The van der Waals surface area contributed by atoms with Crippen molar-refractivity contribution in [3.63, 3.8) is 0 Å². The lowest BCUT2D eigenvalue weighted by Gasteiger charge is -2.07. The molecule has 0 fully saturated rings. The number of para-hydroxylation sites is 1. The molecule has 0 radical (unpaired) electrons. The van der Waals surface area contributed by atoms with Crippen LogP contribution in [0, 0.1) is 6.92 Å². The highest BCUT2D eigenvalue weighted by molar-refractivity contribution is 5.85. The van der Waals surface area contributed by atoms with Gasteiger partial charge in [0.2, 0.25) is 0 Å². The minimum atomic E-state index is -0.140. The Balaban J connectivity index is 1.89. The lowest BCUT2D eigenvalue weighted by molar-refractivity contribution is 0.772. The molecule has 0 spiro atoms. The maximum absolute atomic E-state index is 12.2. The third-order valence-electron chi connectivity index (χ3n) is 4.20. The highest BCUT2D eigenvalue weighted by Gasteiger charge is 2.20. The molecule has 1 aromatic heterocycles. The fourth-order valence-electron chi connectivity index (χ4n) is 3.04. The van der Waals surface area contributed by atoms with Crippen molar-refractivity contribution in [2.24, 2.45) is 0 Å². The highest BCUT2D eigenvalue weighted by Crippen LogP contribution is 2.29. The predicted octanol–water partition coefficient (Wildman–Crippen LogP) is 3.65. The van der Waals surface area contributed by atoms with Crippen molar-refractivity contribution in [3.8, 4) is 0 Å². The van der Waals surface area contributed by atoms with Gasteiger partial charge in [-0.05, 0) is 42.7 Å². The molecule has 0 bridgehead atoms. The molecule has 22 heavy (non-hydrogen) atoms. The van der Waals surface area contributed by atoms with Gasteiger partial charge < -0.3 is 4.57 Å². The van der Waals surface area contributed by atoms with Crippen LogP contribution in [-0.4, -0.2) is 9.55 Å². The number of hydrogen-bond donors (Lipinski definition) is 0. The fraction of sp³-hybridized carbons (Fsp3) is 0.158. The zero-order valence-electron chi connectivity index (χ0n) is 12.4. The Bertz CT molecular complexity index is 949. The van der Waals surface area contributed by atoms with Gasteiger partial charge in [-0.3, -0.25) is 4.79 Å². The second-order valence-electron chi connectivity index (χ2n) is 5.74. The number of benzene rings is 2. The van der Waals surface area contributed by atoms with Crippen LogP contribution in [0.1, 0.15) is 23.4 Å². The van der Waals surface area contributed by atoms with Gasteiger partial charge in [-0.25, -0.2) is 0 Å². The summed E-state index contributed by atoms with van der Waals surface area (Å²) in [6.07, 6.45) is 3.05. The number of fused-ring (bicyclic) bond motifs is 3. The van der Waals surface area contributed by atoms with Crippen LogP contribution in [-0.2, 0) is 6.54 Å². The van der Waals surface area contributed by atoms with Gasteiger partial charge in [0, 0.05) is 6.54 Å². The Morgan fingerprint density at radius 2 is 1.86 bits per heavy atom. The van der Waals surface area contributed by atoms with E-state index in [2.05, 4.69) is 46.8 Å². The number of rotatable bonds is 1. The average molecular weight is 288 g/mol. The summed E-state index contributed by atoms with van der Waals surface area (Å²) in [6.45, 7) is 2.95. The quantitative estimate of drug-likeness (QED) is 0.685. The van der Waals surface area contributed by atoms with Gasteiger partial charge in [-0.2, -0.15) is 4.98 Å². The van der Waals surface area contributed by atoms with Crippen LogP contribution in [0.25, 0.3) is 22.6 Å². The molecular formula is C19H16N2O. The molecule has 108 valence electrons. The van der Waals surface area contributed by atoms with Gasteiger partial charge in [0.05, 0.1) is 10.9 Å². The molecule has 1 aliphatic heterocycles. The van der Waals surface area contributed by atoms with Crippen LogP contribution in [0.3, 0.4) is 0 Å². The zero-order chi connectivity index (χ0) is 15.1. The minimum Gasteiger partial charge on any atom is -0.325 e. The Labute approximate surface area is 128 Å². The SMILES string of the molecule is Cc1ccc(/C=C2/CCn3c2nc(=O)c2ccccc23)cc1. The smallest absolute Gasteiger partial charge is 0.281 e. The monoisotopic (exact) mass is 288 g/mol. The molecule has 0 aliphatic carbocycles. The number of aromatic nitrogens is 2. The Hall–Kier alpha value is -2.68. The molecule has 4 rings (SSSR count). The first kappa shape index (κ1) is 13.0. The molecule has 0 N–H and O–H groups in total. The first-order valence-corrected chi connectivity index (χ1v) is 7.49. The van der Waals surface area contributed by atoms with E-state index in [-0.39, 0.29) is 5.56 Å². The third-order valence-corrected chi connectivity index (χ3v) is 4.20. The van der Waals surface area contributed by atoms with E-state index in [1.54, 1.807) is 0 Å². The zero-order valence-corrected chi connectivity index (χ0v) is 12.4. The summed E-state index contributed by atoms with van der Waals surface area (Å²) >= 11 is 0. The maximum Gasteiger partial charge on any atom is 0.281 e. The molecule has 0 amide bonds. The second kappa shape index (κ2) is 4.95. The summed E-state index contributed by atoms with van der Waals surface area (Å²) in [5, 5.41) is 0.697. The Kier molecular flexibility index (Phi) is 2.93.